The van der Waals surface area contributed by atoms with E-state index in [0.29, 0.717) is 5.92 Å². The van der Waals surface area contributed by atoms with Crippen molar-refractivity contribution in [3.8, 4) is 0 Å². The normalized spacial score (nSPS) is 23.2. The number of carbonyl (C=O) groups excluding carboxylic acids is 1. The third-order valence-corrected chi connectivity index (χ3v) is 5.51. The first-order chi connectivity index (χ1) is 9.49. The van der Waals surface area contributed by atoms with Gasteiger partial charge in [-0.2, -0.15) is 0 Å². The van der Waals surface area contributed by atoms with Crippen molar-refractivity contribution in [1.29, 1.82) is 0 Å². The van der Waals surface area contributed by atoms with Gasteiger partial charge in [0.1, 0.15) is 5.75 Å². The first-order valence-corrected chi connectivity index (χ1v) is 8.71. The minimum atomic E-state index is -3.54. The summed E-state index contributed by atoms with van der Waals surface area (Å²) in [5.41, 5.74) is 0. The Morgan fingerprint density at radius 3 is 2.50 bits per heavy atom. The third-order valence-electron chi connectivity index (χ3n) is 3.88. The summed E-state index contributed by atoms with van der Waals surface area (Å²) in [6.45, 7) is 2.11. The van der Waals surface area contributed by atoms with Crippen LogP contribution in [-0.4, -0.2) is 26.1 Å². The molecule has 1 N–H and O–H groups in total. The standard InChI is InChI=1S/C15H21NO3S/c1-12-7-5-6-10-14(12)16-15(17)11-20(18,19)13-8-3-2-4-9-13/h2-4,8-9,12,14H,5-7,10-11H2,1H3,(H,16,17)/t12-,14-/m1/s1. The SMILES string of the molecule is C[C@@H]1CCCC[C@H]1NC(=O)CS(=O)(=O)c1ccccc1. The largest absolute Gasteiger partial charge is 0.352 e. The van der Waals surface area contributed by atoms with Crippen LogP contribution in [0.5, 0.6) is 0 Å². The lowest BCUT2D eigenvalue weighted by molar-refractivity contribution is -0.119. The number of amides is 1. The van der Waals surface area contributed by atoms with Gasteiger partial charge in [-0.25, -0.2) is 8.42 Å². The number of rotatable bonds is 4. The van der Waals surface area contributed by atoms with Crippen molar-refractivity contribution >= 4 is 15.7 Å². The van der Waals surface area contributed by atoms with Crippen LogP contribution in [0.4, 0.5) is 0 Å². The van der Waals surface area contributed by atoms with Crippen LogP contribution >= 0.6 is 0 Å². The number of hydrogen-bond acceptors (Lipinski definition) is 3. The van der Waals surface area contributed by atoms with E-state index in [1.807, 2.05) is 0 Å². The van der Waals surface area contributed by atoms with E-state index in [9.17, 15) is 13.2 Å². The number of sulfone groups is 1. The average Bonchev–Trinajstić information content (AvgIpc) is 2.42. The van der Waals surface area contributed by atoms with Crippen LogP contribution in [0.2, 0.25) is 0 Å². The summed E-state index contributed by atoms with van der Waals surface area (Å²) in [6, 6.07) is 8.23. The molecule has 1 aromatic carbocycles. The van der Waals surface area contributed by atoms with Crippen molar-refractivity contribution < 1.29 is 13.2 Å². The van der Waals surface area contributed by atoms with Crippen molar-refractivity contribution in [2.24, 2.45) is 5.92 Å². The van der Waals surface area contributed by atoms with E-state index in [0.717, 1.165) is 19.3 Å². The maximum Gasteiger partial charge on any atom is 0.235 e. The molecule has 1 aromatic rings. The molecule has 5 heteroatoms. The van der Waals surface area contributed by atoms with Gasteiger partial charge >= 0.3 is 0 Å². The zero-order valence-corrected chi connectivity index (χ0v) is 12.5. The smallest absolute Gasteiger partial charge is 0.235 e. The Kier molecular flexibility index (Phi) is 4.81. The molecule has 0 aliphatic heterocycles. The summed E-state index contributed by atoms with van der Waals surface area (Å²) in [6.07, 6.45) is 4.32. The van der Waals surface area contributed by atoms with E-state index in [2.05, 4.69) is 12.2 Å². The van der Waals surface area contributed by atoms with Gasteiger partial charge in [0.2, 0.25) is 5.91 Å². The second kappa shape index (κ2) is 6.39. The highest BCUT2D eigenvalue weighted by atomic mass is 32.2. The molecule has 0 radical (unpaired) electrons. The van der Waals surface area contributed by atoms with Gasteiger partial charge in [-0.15, -0.1) is 0 Å². The Morgan fingerprint density at radius 2 is 1.85 bits per heavy atom. The molecule has 0 saturated heterocycles. The summed E-state index contributed by atoms with van der Waals surface area (Å²) >= 11 is 0. The van der Waals surface area contributed by atoms with Crippen molar-refractivity contribution in [3.05, 3.63) is 30.3 Å². The minimum absolute atomic E-state index is 0.113. The Balaban J connectivity index is 1.97. The second-order valence-corrected chi connectivity index (χ2v) is 7.50. The Labute approximate surface area is 120 Å². The van der Waals surface area contributed by atoms with E-state index in [1.54, 1.807) is 18.2 Å². The molecule has 0 spiro atoms. The van der Waals surface area contributed by atoms with Gasteiger partial charge in [0.15, 0.2) is 9.84 Å². The van der Waals surface area contributed by atoms with Crippen LogP contribution in [0, 0.1) is 5.92 Å². The summed E-state index contributed by atoms with van der Waals surface area (Å²) in [7, 11) is -3.54. The predicted molar refractivity (Wildman–Crippen MR) is 78.1 cm³/mol. The Bertz CT molecular complexity index is 554. The third kappa shape index (κ3) is 3.82. The molecule has 1 fully saturated rings. The number of nitrogens with one attached hydrogen (secondary N) is 1. The molecular formula is C15H21NO3S. The molecule has 0 unspecified atom stereocenters. The summed E-state index contributed by atoms with van der Waals surface area (Å²) in [5, 5.41) is 2.88. The van der Waals surface area contributed by atoms with Crippen molar-refractivity contribution in [1.82, 2.24) is 5.32 Å². The van der Waals surface area contributed by atoms with Gasteiger partial charge in [-0.3, -0.25) is 4.79 Å². The van der Waals surface area contributed by atoms with Gasteiger partial charge in [0.05, 0.1) is 4.90 Å². The molecular weight excluding hydrogens is 274 g/mol. The van der Waals surface area contributed by atoms with Crippen LogP contribution < -0.4 is 5.32 Å². The monoisotopic (exact) mass is 295 g/mol. The lowest BCUT2D eigenvalue weighted by Crippen LogP contribution is -2.43. The molecule has 1 amide bonds. The first-order valence-electron chi connectivity index (χ1n) is 7.06. The number of carbonyl (C=O) groups is 1. The molecule has 1 aliphatic rings. The topological polar surface area (TPSA) is 63.2 Å². The molecule has 2 atom stereocenters. The van der Waals surface area contributed by atoms with E-state index in [4.69, 9.17) is 0 Å². The van der Waals surface area contributed by atoms with Gasteiger partial charge < -0.3 is 5.32 Å². The number of benzene rings is 1. The average molecular weight is 295 g/mol. The maximum atomic E-state index is 12.1. The van der Waals surface area contributed by atoms with E-state index in [-0.39, 0.29) is 10.9 Å². The van der Waals surface area contributed by atoms with Gasteiger partial charge in [0, 0.05) is 6.04 Å². The molecule has 4 nitrogen and oxygen atoms in total. The molecule has 1 saturated carbocycles. The zero-order chi connectivity index (χ0) is 14.6. The lowest BCUT2D eigenvalue weighted by atomic mass is 9.86. The maximum absolute atomic E-state index is 12.1. The Hall–Kier alpha value is -1.36. The highest BCUT2D eigenvalue weighted by molar-refractivity contribution is 7.92. The van der Waals surface area contributed by atoms with Crippen LogP contribution in [0.1, 0.15) is 32.6 Å². The van der Waals surface area contributed by atoms with Gasteiger partial charge in [-0.05, 0) is 30.9 Å². The molecule has 0 bridgehead atoms. The summed E-state index contributed by atoms with van der Waals surface area (Å²) in [5.74, 6) is -0.444. The van der Waals surface area contributed by atoms with Gasteiger partial charge in [-0.1, -0.05) is 38.0 Å². The van der Waals surface area contributed by atoms with Crippen molar-refractivity contribution in [3.63, 3.8) is 0 Å². The van der Waals surface area contributed by atoms with Crippen LogP contribution in [-0.2, 0) is 14.6 Å². The molecule has 20 heavy (non-hydrogen) atoms. The van der Waals surface area contributed by atoms with E-state index in [1.165, 1.54) is 18.6 Å². The molecule has 0 aromatic heterocycles. The second-order valence-electron chi connectivity index (χ2n) is 5.51. The Morgan fingerprint density at radius 1 is 1.20 bits per heavy atom. The lowest BCUT2D eigenvalue weighted by Gasteiger charge is -2.29. The first kappa shape index (κ1) is 15.0. The van der Waals surface area contributed by atoms with Crippen LogP contribution in [0.15, 0.2) is 35.2 Å². The minimum Gasteiger partial charge on any atom is -0.352 e. The fourth-order valence-corrected chi connectivity index (χ4v) is 3.83. The van der Waals surface area contributed by atoms with Gasteiger partial charge in [0.25, 0.3) is 0 Å². The molecule has 0 heterocycles. The summed E-state index contributed by atoms with van der Waals surface area (Å²) in [4.78, 5) is 12.2. The fraction of sp³-hybridized carbons (Fsp3) is 0.533. The van der Waals surface area contributed by atoms with Crippen molar-refractivity contribution in [2.45, 2.75) is 43.5 Å². The molecule has 1 aliphatic carbocycles. The highest BCUT2D eigenvalue weighted by Gasteiger charge is 2.25. The van der Waals surface area contributed by atoms with Crippen LogP contribution in [0.3, 0.4) is 0 Å². The molecule has 110 valence electrons. The highest BCUT2D eigenvalue weighted by Crippen LogP contribution is 2.23. The number of hydrogen-bond donors (Lipinski definition) is 1. The van der Waals surface area contributed by atoms with Crippen molar-refractivity contribution in [2.75, 3.05) is 5.75 Å². The quantitative estimate of drug-likeness (QED) is 0.926. The zero-order valence-electron chi connectivity index (χ0n) is 11.7. The van der Waals surface area contributed by atoms with E-state index < -0.39 is 21.5 Å². The van der Waals surface area contributed by atoms with Crippen LogP contribution in [0.25, 0.3) is 0 Å². The fourth-order valence-electron chi connectivity index (χ4n) is 2.66. The molecule has 2 rings (SSSR count). The summed E-state index contributed by atoms with van der Waals surface area (Å²) < 4.78 is 24.2. The van der Waals surface area contributed by atoms with E-state index >= 15 is 0 Å². The predicted octanol–water partition coefficient (Wildman–Crippen LogP) is 2.16.